The summed E-state index contributed by atoms with van der Waals surface area (Å²) in [5.74, 6) is -0.243. The van der Waals surface area contributed by atoms with Gasteiger partial charge in [-0.2, -0.15) is 0 Å². The molecule has 0 spiro atoms. The molecule has 0 saturated heterocycles. The van der Waals surface area contributed by atoms with Crippen molar-refractivity contribution in [1.29, 1.82) is 0 Å². The number of nitro groups is 1. The smallest absolute Gasteiger partial charge is 0.285 e. The quantitative estimate of drug-likeness (QED) is 0.607. The normalized spacial score (nSPS) is 12.6. The zero-order valence-corrected chi connectivity index (χ0v) is 16.9. The van der Waals surface area contributed by atoms with Crippen molar-refractivity contribution >= 4 is 11.6 Å². The Morgan fingerprint density at radius 3 is 2.25 bits per heavy atom. The first-order chi connectivity index (χ1) is 13.0. The molecule has 0 bridgehead atoms. The lowest BCUT2D eigenvalue weighted by Gasteiger charge is -2.25. The van der Waals surface area contributed by atoms with E-state index in [2.05, 4.69) is 38.2 Å². The van der Waals surface area contributed by atoms with Crippen LogP contribution in [-0.2, 0) is 16.8 Å². The molecule has 0 aliphatic carbocycles. The fourth-order valence-corrected chi connectivity index (χ4v) is 2.95. The van der Waals surface area contributed by atoms with Crippen LogP contribution in [0.1, 0.15) is 51.8 Å². The van der Waals surface area contributed by atoms with E-state index in [1.54, 1.807) is 0 Å². The first-order valence-corrected chi connectivity index (χ1v) is 9.23. The van der Waals surface area contributed by atoms with Crippen molar-refractivity contribution in [2.45, 2.75) is 52.6 Å². The van der Waals surface area contributed by atoms with Crippen LogP contribution in [0.2, 0.25) is 0 Å². The van der Waals surface area contributed by atoms with Crippen LogP contribution in [0.5, 0.6) is 0 Å². The Morgan fingerprint density at radius 2 is 1.75 bits per heavy atom. The lowest BCUT2D eigenvalue weighted by Crippen LogP contribution is -2.36. The average molecular weight is 385 g/mol. The summed E-state index contributed by atoms with van der Waals surface area (Å²) in [4.78, 5) is 34.7. The molecule has 1 heterocycles. The van der Waals surface area contributed by atoms with Gasteiger partial charge in [-0.1, -0.05) is 58.9 Å². The molecule has 0 fully saturated rings. The van der Waals surface area contributed by atoms with Gasteiger partial charge in [-0.25, -0.2) is 0 Å². The van der Waals surface area contributed by atoms with Crippen LogP contribution in [0.4, 0.5) is 5.69 Å². The number of nitrogens with one attached hydrogen (secondary N) is 1. The van der Waals surface area contributed by atoms with Crippen molar-refractivity contribution in [3.05, 3.63) is 74.2 Å². The van der Waals surface area contributed by atoms with Crippen LogP contribution in [-0.4, -0.2) is 15.4 Å². The number of benzene rings is 1. The van der Waals surface area contributed by atoms with E-state index in [9.17, 15) is 19.7 Å². The second-order valence-corrected chi connectivity index (χ2v) is 8.27. The van der Waals surface area contributed by atoms with Gasteiger partial charge in [0.05, 0.1) is 17.2 Å². The molecule has 7 heteroatoms. The third-order valence-electron chi connectivity index (χ3n) is 4.61. The minimum Gasteiger partial charge on any atom is -0.347 e. The molecular formula is C21H27N3O4. The SMILES string of the molecule is CC(C)C(NC(=O)Cn1cc([N+](=O)[O-])ccc1=O)c1ccc(C(C)(C)C)cc1. The van der Waals surface area contributed by atoms with Gasteiger partial charge in [-0.15, -0.1) is 0 Å². The summed E-state index contributed by atoms with van der Waals surface area (Å²) in [6.45, 7) is 10.1. The van der Waals surface area contributed by atoms with Crippen LogP contribution in [0.3, 0.4) is 0 Å². The van der Waals surface area contributed by atoms with Gasteiger partial charge < -0.3 is 5.32 Å². The molecule has 0 aliphatic rings. The van der Waals surface area contributed by atoms with E-state index in [0.717, 1.165) is 28.5 Å². The maximum absolute atomic E-state index is 12.5. The zero-order chi connectivity index (χ0) is 21.1. The first kappa shape index (κ1) is 21.3. The second-order valence-electron chi connectivity index (χ2n) is 8.27. The fourth-order valence-electron chi connectivity index (χ4n) is 2.95. The molecule has 150 valence electrons. The Balaban J connectivity index is 2.19. The molecule has 1 N–H and O–H groups in total. The van der Waals surface area contributed by atoms with E-state index >= 15 is 0 Å². The van der Waals surface area contributed by atoms with Gasteiger partial charge in [0.2, 0.25) is 5.91 Å². The molecule has 7 nitrogen and oxygen atoms in total. The summed E-state index contributed by atoms with van der Waals surface area (Å²) in [6.07, 6.45) is 1.09. The summed E-state index contributed by atoms with van der Waals surface area (Å²) in [5, 5.41) is 13.8. The van der Waals surface area contributed by atoms with Gasteiger partial charge in [-0.05, 0) is 22.5 Å². The molecule has 1 aromatic carbocycles. The summed E-state index contributed by atoms with van der Waals surface area (Å²) in [7, 11) is 0. The topological polar surface area (TPSA) is 94.2 Å². The van der Waals surface area contributed by atoms with Gasteiger partial charge >= 0.3 is 0 Å². The van der Waals surface area contributed by atoms with Crippen molar-refractivity contribution in [3.63, 3.8) is 0 Å². The van der Waals surface area contributed by atoms with Gasteiger partial charge in [0.1, 0.15) is 6.54 Å². The molecule has 1 atom stereocenters. The maximum Gasteiger partial charge on any atom is 0.285 e. The standard InChI is InChI=1S/C21H27N3O4/c1-14(2)20(15-6-8-16(9-7-15)21(3,4)5)22-18(25)13-23-12-17(24(27)28)10-11-19(23)26/h6-12,14,20H,13H2,1-5H3,(H,22,25). The van der Waals surface area contributed by atoms with Crippen molar-refractivity contribution in [2.24, 2.45) is 5.92 Å². The monoisotopic (exact) mass is 385 g/mol. The number of hydrogen-bond acceptors (Lipinski definition) is 4. The van der Waals surface area contributed by atoms with Crippen LogP contribution in [0.15, 0.2) is 47.4 Å². The highest BCUT2D eigenvalue weighted by Crippen LogP contribution is 2.26. The predicted octanol–water partition coefficient (Wildman–Crippen LogP) is 3.57. The van der Waals surface area contributed by atoms with Crippen molar-refractivity contribution in [2.75, 3.05) is 0 Å². The minimum absolute atomic E-state index is 0.0400. The number of pyridine rings is 1. The Kier molecular flexibility index (Phi) is 6.38. The number of carbonyl (C=O) groups excluding carboxylic acids is 1. The third kappa shape index (κ3) is 5.28. The fraction of sp³-hybridized carbons (Fsp3) is 0.429. The molecule has 2 aromatic rings. The number of nitrogens with zero attached hydrogens (tertiary/aromatic N) is 2. The molecule has 0 saturated carbocycles. The Labute approximate surface area is 164 Å². The van der Waals surface area contributed by atoms with Crippen LogP contribution in [0, 0.1) is 16.0 Å². The second kappa shape index (κ2) is 8.37. The van der Waals surface area contributed by atoms with Crippen molar-refractivity contribution in [1.82, 2.24) is 9.88 Å². The summed E-state index contributed by atoms with van der Waals surface area (Å²) in [5.41, 5.74) is 1.52. The molecular weight excluding hydrogens is 358 g/mol. The van der Waals surface area contributed by atoms with Crippen molar-refractivity contribution < 1.29 is 9.72 Å². The van der Waals surface area contributed by atoms with Crippen LogP contribution in [0.25, 0.3) is 0 Å². The van der Waals surface area contributed by atoms with Gasteiger partial charge in [0.15, 0.2) is 0 Å². The van der Waals surface area contributed by atoms with E-state index < -0.39 is 10.5 Å². The molecule has 1 aromatic heterocycles. The number of aromatic nitrogens is 1. The number of amides is 1. The minimum atomic E-state index is -0.596. The molecule has 0 radical (unpaired) electrons. The van der Waals surface area contributed by atoms with Gasteiger partial charge in [0, 0.05) is 12.1 Å². The van der Waals surface area contributed by atoms with Crippen LogP contribution >= 0.6 is 0 Å². The number of hydrogen-bond donors (Lipinski definition) is 1. The highest BCUT2D eigenvalue weighted by molar-refractivity contribution is 5.76. The Hall–Kier alpha value is -2.96. The molecule has 2 rings (SSSR count). The Bertz CT molecular complexity index is 908. The summed E-state index contributed by atoms with van der Waals surface area (Å²) >= 11 is 0. The average Bonchev–Trinajstić information content (AvgIpc) is 2.60. The van der Waals surface area contributed by atoms with E-state index in [1.165, 1.54) is 5.56 Å². The lowest BCUT2D eigenvalue weighted by atomic mass is 9.85. The maximum atomic E-state index is 12.5. The van der Waals surface area contributed by atoms with E-state index in [0.29, 0.717) is 0 Å². The van der Waals surface area contributed by atoms with Crippen molar-refractivity contribution in [3.8, 4) is 0 Å². The van der Waals surface area contributed by atoms with Gasteiger partial charge in [0.25, 0.3) is 11.2 Å². The van der Waals surface area contributed by atoms with E-state index in [1.807, 2.05) is 26.0 Å². The molecule has 0 aliphatic heterocycles. The predicted molar refractivity (Wildman–Crippen MR) is 108 cm³/mol. The Morgan fingerprint density at radius 1 is 1.14 bits per heavy atom. The van der Waals surface area contributed by atoms with E-state index in [-0.39, 0.29) is 35.5 Å². The molecule has 28 heavy (non-hydrogen) atoms. The lowest BCUT2D eigenvalue weighted by molar-refractivity contribution is -0.385. The number of rotatable bonds is 6. The largest absolute Gasteiger partial charge is 0.347 e. The summed E-state index contributed by atoms with van der Waals surface area (Å²) < 4.78 is 1.05. The van der Waals surface area contributed by atoms with E-state index in [4.69, 9.17) is 0 Å². The first-order valence-electron chi connectivity index (χ1n) is 9.23. The highest BCUT2D eigenvalue weighted by Gasteiger charge is 2.20. The molecule has 1 amide bonds. The number of carbonyl (C=O) groups is 1. The highest BCUT2D eigenvalue weighted by atomic mass is 16.6. The zero-order valence-electron chi connectivity index (χ0n) is 16.9. The third-order valence-corrected chi connectivity index (χ3v) is 4.61. The van der Waals surface area contributed by atoms with Gasteiger partial charge in [-0.3, -0.25) is 24.3 Å². The summed E-state index contributed by atoms with van der Waals surface area (Å²) in [6, 6.07) is 10.1. The van der Waals surface area contributed by atoms with Crippen LogP contribution < -0.4 is 10.9 Å². The molecule has 1 unspecified atom stereocenters.